The van der Waals surface area contributed by atoms with Crippen LogP contribution in [-0.2, 0) is 19.1 Å². The van der Waals surface area contributed by atoms with Crippen LogP contribution in [0.3, 0.4) is 0 Å². The Labute approximate surface area is 236 Å². The first kappa shape index (κ1) is 29.4. The first-order valence-electron chi connectivity index (χ1n) is 13.9. The summed E-state index contributed by atoms with van der Waals surface area (Å²) >= 11 is 0. The van der Waals surface area contributed by atoms with Crippen LogP contribution in [0.25, 0.3) is 10.8 Å². The highest BCUT2D eigenvalue weighted by molar-refractivity contribution is 5.96. The zero-order valence-corrected chi connectivity index (χ0v) is 24.1. The van der Waals surface area contributed by atoms with Crippen molar-refractivity contribution in [3.05, 3.63) is 77.4 Å². The van der Waals surface area contributed by atoms with Crippen LogP contribution in [0.1, 0.15) is 56.9 Å². The standard InChI is InChI=1S/C25H27NO2.C8H13NO3/c1-17-12-13-22-21(14-17)24(28-15-23(27)26(22)16-25(2,3)4)20-11-7-9-18-8-5-6-10-19(18)20;1-5(10)7-4-9-3-2-6(7)8(11)12/h5-14,24H,15-16H2,1-4H3;6-7,9H,2-4H2,1H3,(H,11,12)/t;6-,7+/m.0/s1. The van der Waals surface area contributed by atoms with E-state index in [1.165, 1.54) is 17.7 Å². The molecular weight excluding hydrogens is 504 g/mol. The first-order valence-corrected chi connectivity index (χ1v) is 13.9. The van der Waals surface area contributed by atoms with Crippen LogP contribution in [0.4, 0.5) is 5.69 Å². The van der Waals surface area contributed by atoms with Gasteiger partial charge in [-0.15, -0.1) is 0 Å². The van der Waals surface area contributed by atoms with Gasteiger partial charge in [-0.2, -0.15) is 0 Å². The van der Waals surface area contributed by atoms with Gasteiger partial charge in [0.1, 0.15) is 18.5 Å². The normalized spacial score (nSPS) is 21.2. The average Bonchev–Trinajstić information content (AvgIpc) is 3.04. The molecule has 1 saturated heterocycles. The minimum Gasteiger partial charge on any atom is -0.481 e. The topological polar surface area (TPSA) is 95.9 Å². The lowest BCUT2D eigenvalue weighted by molar-refractivity contribution is -0.147. The fourth-order valence-corrected chi connectivity index (χ4v) is 5.55. The Bertz CT molecular complexity index is 1370. The molecule has 0 radical (unpaired) electrons. The lowest BCUT2D eigenvalue weighted by Crippen LogP contribution is -2.43. The van der Waals surface area contributed by atoms with Crippen molar-refractivity contribution in [2.45, 2.75) is 47.1 Å². The van der Waals surface area contributed by atoms with Gasteiger partial charge < -0.3 is 20.1 Å². The summed E-state index contributed by atoms with van der Waals surface area (Å²) in [6.07, 6.45) is 0.287. The molecule has 0 bridgehead atoms. The third-order valence-corrected chi connectivity index (χ3v) is 7.49. The predicted octanol–water partition coefficient (Wildman–Crippen LogP) is 5.53. The molecule has 0 saturated carbocycles. The van der Waals surface area contributed by atoms with Gasteiger partial charge in [-0.05, 0) is 54.6 Å². The second-order valence-electron chi connectivity index (χ2n) is 12.0. The number of piperidine rings is 1. The Morgan fingerprint density at radius 3 is 2.42 bits per heavy atom. The van der Waals surface area contributed by atoms with Crippen molar-refractivity contribution >= 4 is 34.1 Å². The minimum atomic E-state index is -0.850. The molecule has 3 aromatic carbocycles. The molecule has 3 aromatic rings. The number of aryl methyl sites for hydroxylation is 1. The molecule has 40 heavy (non-hydrogen) atoms. The number of hydrogen-bond donors (Lipinski definition) is 2. The van der Waals surface area contributed by atoms with Crippen molar-refractivity contribution in [3.63, 3.8) is 0 Å². The van der Waals surface area contributed by atoms with Crippen LogP contribution in [0.5, 0.6) is 0 Å². The van der Waals surface area contributed by atoms with Crippen LogP contribution < -0.4 is 10.2 Å². The predicted molar refractivity (Wildman–Crippen MR) is 158 cm³/mol. The third kappa shape index (κ3) is 6.77. The average molecular weight is 545 g/mol. The van der Waals surface area contributed by atoms with E-state index in [1.807, 2.05) is 11.0 Å². The van der Waals surface area contributed by atoms with Crippen molar-refractivity contribution in [2.24, 2.45) is 17.3 Å². The zero-order valence-electron chi connectivity index (χ0n) is 24.1. The molecule has 1 amide bonds. The highest BCUT2D eigenvalue weighted by Crippen LogP contribution is 2.40. The zero-order chi connectivity index (χ0) is 29.0. The number of carboxylic acids is 1. The highest BCUT2D eigenvalue weighted by atomic mass is 16.5. The Balaban J connectivity index is 0.000000259. The number of amides is 1. The van der Waals surface area contributed by atoms with Gasteiger partial charge in [0.05, 0.1) is 5.92 Å². The number of nitrogens with zero attached hydrogens (tertiary/aromatic N) is 1. The molecule has 2 heterocycles. The number of nitrogens with one attached hydrogen (secondary N) is 1. The number of benzene rings is 3. The Kier molecular flexibility index (Phi) is 9.06. The molecule has 0 spiro atoms. The monoisotopic (exact) mass is 544 g/mol. The number of carbonyl (C=O) groups excluding carboxylic acids is 2. The van der Waals surface area contributed by atoms with Gasteiger partial charge in [0.2, 0.25) is 0 Å². The van der Waals surface area contributed by atoms with Crippen molar-refractivity contribution < 1.29 is 24.2 Å². The summed E-state index contributed by atoms with van der Waals surface area (Å²) in [6.45, 7) is 11.9. The van der Waals surface area contributed by atoms with E-state index in [-0.39, 0.29) is 35.7 Å². The largest absolute Gasteiger partial charge is 0.481 e. The van der Waals surface area contributed by atoms with E-state index in [4.69, 9.17) is 9.84 Å². The number of Topliss-reactive ketones (excluding diaryl/α,β-unsaturated/α-hetero) is 1. The number of ether oxygens (including phenoxy) is 1. The molecule has 7 nitrogen and oxygen atoms in total. The Morgan fingerprint density at radius 2 is 1.75 bits per heavy atom. The molecule has 2 N–H and O–H groups in total. The molecular formula is C33H40N2O5. The highest BCUT2D eigenvalue weighted by Gasteiger charge is 2.34. The van der Waals surface area contributed by atoms with Gasteiger partial charge in [0.15, 0.2) is 0 Å². The molecule has 0 aromatic heterocycles. The number of hydrogen-bond acceptors (Lipinski definition) is 5. The fourth-order valence-electron chi connectivity index (χ4n) is 5.55. The van der Waals surface area contributed by atoms with Crippen molar-refractivity contribution in [2.75, 3.05) is 31.1 Å². The Morgan fingerprint density at radius 1 is 1.02 bits per heavy atom. The SMILES string of the molecule is CC(=O)[C@H]1CNCC[C@@H]1C(=O)O.Cc1ccc2c(c1)C(c1cccc3ccccc13)OCC(=O)N2CC(C)(C)C. The molecule has 212 valence electrons. The van der Waals surface area contributed by atoms with Gasteiger partial charge in [-0.25, -0.2) is 0 Å². The van der Waals surface area contributed by atoms with Crippen LogP contribution in [0, 0.1) is 24.2 Å². The Hall–Kier alpha value is -3.55. The van der Waals surface area contributed by atoms with E-state index in [9.17, 15) is 14.4 Å². The summed E-state index contributed by atoms with van der Waals surface area (Å²) in [4.78, 5) is 36.6. The van der Waals surface area contributed by atoms with E-state index in [0.717, 1.165) is 22.4 Å². The van der Waals surface area contributed by atoms with E-state index in [1.54, 1.807) is 0 Å². The summed E-state index contributed by atoms with van der Waals surface area (Å²) < 4.78 is 6.24. The van der Waals surface area contributed by atoms with Crippen LogP contribution in [0.15, 0.2) is 60.7 Å². The third-order valence-electron chi connectivity index (χ3n) is 7.49. The van der Waals surface area contributed by atoms with E-state index < -0.39 is 11.9 Å². The number of rotatable bonds is 4. The maximum absolute atomic E-state index is 13.0. The fraction of sp³-hybridized carbons (Fsp3) is 0.424. The van der Waals surface area contributed by atoms with E-state index in [0.29, 0.717) is 26.1 Å². The molecule has 0 aliphatic carbocycles. The molecule has 2 aliphatic heterocycles. The smallest absolute Gasteiger partial charge is 0.307 e. The second-order valence-corrected chi connectivity index (χ2v) is 12.0. The number of aliphatic carboxylic acids is 1. The lowest BCUT2D eigenvalue weighted by atomic mass is 9.84. The number of anilines is 1. The molecule has 1 fully saturated rings. The van der Waals surface area contributed by atoms with Crippen molar-refractivity contribution in [1.29, 1.82) is 0 Å². The lowest BCUT2D eigenvalue weighted by Gasteiger charge is -2.30. The van der Waals surface area contributed by atoms with E-state index >= 15 is 0 Å². The molecule has 5 rings (SSSR count). The van der Waals surface area contributed by atoms with Crippen LogP contribution in [-0.4, -0.2) is 49.0 Å². The van der Waals surface area contributed by atoms with Gasteiger partial charge in [0, 0.05) is 30.3 Å². The van der Waals surface area contributed by atoms with Crippen molar-refractivity contribution in [1.82, 2.24) is 5.32 Å². The van der Waals surface area contributed by atoms with Crippen LogP contribution >= 0.6 is 0 Å². The summed E-state index contributed by atoms with van der Waals surface area (Å²) in [5, 5.41) is 14.1. The number of ketones is 1. The molecule has 7 heteroatoms. The van der Waals surface area contributed by atoms with Gasteiger partial charge in [-0.1, -0.05) is 80.9 Å². The molecule has 2 aliphatic rings. The summed E-state index contributed by atoms with van der Waals surface area (Å²) in [5.74, 6) is -1.69. The van der Waals surface area contributed by atoms with Gasteiger partial charge in [-0.3, -0.25) is 14.4 Å². The minimum absolute atomic E-state index is 0.00288. The summed E-state index contributed by atoms with van der Waals surface area (Å²) in [7, 11) is 0. The summed E-state index contributed by atoms with van der Waals surface area (Å²) in [5.41, 5.74) is 4.29. The second kappa shape index (κ2) is 12.3. The van der Waals surface area contributed by atoms with Gasteiger partial charge in [0.25, 0.3) is 5.91 Å². The van der Waals surface area contributed by atoms with Crippen molar-refractivity contribution in [3.8, 4) is 0 Å². The van der Waals surface area contributed by atoms with Crippen LogP contribution in [0.2, 0.25) is 0 Å². The van der Waals surface area contributed by atoms with Gasteiger partial charge >= 0.3 is 5.97 Å². The maximum Gasteiger partial charge on any atom is 0.307 e. The van der Waals surface area contributed by atoms with E-state index in [2.05, 4.69) is 87.6 Å². The number of fused-ring (bicyclic) bond motifs is 2. The maximum atomic E-state index is 13.0. The number of carboxylic acid groups (broad SMARTS) is 1. The quantitative estimate of drug-likeness (QED) is 0.448. The molecule has 3 atom stereocenters. The summed E-state index contributed by atoms with van der Waals surface area (Å²) in [6, 6.07) is 20.9. The number of carbonyl (C=O) groups is 3. The first-order chi connectivity index (χ1) is 19.0. The molecule has 1 unspecified atom stereocenters.